The van der Waals surface area contributed by atoms with E-state index in [-0.39, 0.29) is 6.10 Å². The SMILES string of the molecule is Cc1ncc(CNCC(C)O)n1-c1ccccc1. The molecule has 2 N–H and O–H groups in total. The van der Waals surface area contributed by atoms with Crippen molar-refractivity contribution in [2.75, 3.05) is 6.54 Å². The molecule has 1 aromatic heterocycles. The molecule has 0 bridgehead atoms. The second kappa shape index (κ2) is 5.80. The van der Waals surface area contributed by atoms with Gasteiger partial charge in [-0.15, -0.1) is 0 Å². The summed E-state index contributed by atoms with van der Waals surface area (Å²) in [5.74, 6) is 0.968. The second-order valence-corrected chi connectivity index (χ2v) is 4.45. The van der Waals surface area contributed by atoms with E-state index < -0.39 is 0 Å². The predicted molar refractivity (Wildman–Crippen MR) is 71.7 cm³/mol. The maximum absolute atomic E-state index is 9.24. The summed E-state index contributed by atoms with van der Waals surface area (Å²) in [6, 6.07) is 10.2. The van der Waals surface area contributed by atoms with Gasteiger partial charge in [-0.2, -0.15) is 0 Å². The average Bonchev–Trinajstić information content (AvgIpc) is 2.71. The van der Waals surface area contributed by atoms with Crippen LogP contribution in [0.3, 0.4) is 0 Å². The molecular formula is C14H19N3O. The molecule has 0 fully saturated rings. The zero-order chi connectivity index (χ0) is 13.0. The molecule has 4 heteroatoms. The Morgan fingerprint density at radius 2 is 2.06 bits per heavy atom. The third kappa shape index (κ3) is 2.97. The highest BCUT2D eigenvalue weighted by Crippen LogP contribution is 2.14. The van der Waals surface area contributed by atoms with Crippen LogP contribution in [0.2, 0.25) is 0 Å². The number of para-hydroxylation sites is 1. The number of imidazole rings is 1. The van der Waals surface area contributed by atoms with E-state index in [0.29, 0.717) is 13.1 Å². The van der Waals surface area contributed by atoms with E-state index in [2.05, 4.69) is 27.0 Å². The molecule has 1 aromatic carbocycles. The zero-order valence-corrected chi connectivity index (χ0v) is 10.8. The van der Waals surface area contributed by atoms with Crippen molar-refractivity contribution in [3.8, 4) is 5.69 Å². The maximum Gasteiger partial charge on any atom is 0.110 e. The van der Waals surface area contributed by atoms with Gasteiger partial charge < -0.3 is 10.4 Å². The van der Waals surface area contributed by atoms with Gasteiger partial charge in [-0.1, -0.05) is 18.2 Å². The van der Waals surface area contributed by atoms with Crippen LogP contribution in [0, 0.1) is 6.92 Å². The molecule has 0 aliphatic carbocycles. The Kier molecular flexibility index (Phi) is 4.12. The van der Waals surface area contributed by atoms with Gasteiger partial charge in [0.1, 0.15) is 5.82 Å². The van der Waals surface area contributed by atoms with Gasteiger partial charge in [-0.25, -0.2) is 4.98 Å². The van der Waals surface area contributed by atoms with Crippen LogP contribution in [0.1, 0.15) is 18.4 Å². The van der Waals surface area contributed by atoms with Gasteiger partial charge >= 0.3 is 0 Å². The highest BCUT2D eigenvalue weighted by atomic mass is 16.3. The molecule has 1 atom stereocenters. The van der Waals surface area contributed by atoms with E-state index in [1.807, 2.05) is 31.3 Å². The topological polar surface area (TPSA) is 50.1 Å². The van der Waals surface area contributed by atoms with Crippen molar-refractivity contribution in [2.24, 2.45) is 0 Å². The minimum Gasteiger partial charge on any atom is -0.392 e. The third-order valence-electron chi connectivity index (χ3n) is 2.77. The molecule has 1 heterocycles. The predicted octanol–water partition coefficient (Wildman–Crippen LogP) is 1.65. The Morgan fingerprint density at radius 1 is 1.33 bits per heavy atom. The van der Waals surface area contributed by atoms with Crippen molar-refractivity contribution in [2.45, 2.75) is 26.5 Å². The fraction of sp³-hybridized carbons (Fsp3) is 0.357. The van der Waals surface area contributed by atoms with E-state index in [4.69, 9.17) is 0 Å². The Morgan fingerprint density at radius 3 is 2.72 bits per heavy atom. The molecule has 4 nitrogen and oxygen atoms in total. The molecule has 0 aliphatic rings. The van der Waals surface area contributed by atoms with Crippen LogP contribution in [0.15, 0.2) is 36.5 Å². The maximum atomic E-state index is 9.24. The number of aliphatic hydroxyl groups is 1. The Hall–Kier alpha value is -1.65. The molecule has 96 valence electrons. The summed E-state index contributed by atoms with van der Waals surface area (Å²) in [6.45, 7) is 5.04. The Balaban J connectivity index is 2.17. The zero-order valence-electron chi connectivity index (χ0n) is 10.8. The first-order chi connectivity index (χ1) is 8.68. The minimum atomic E-state index is -0.334. The lowest BCUT2D eigenvalue weighted by atomic mass is 10.3. The Labute approximate surface area is 107 Å². The third-order valence-corrected chi connectivity index (χ3v) is 2.77. The van der Waals surface area contributed by atoms with Crippen LogP contribution in [-0.4, -0.2) is 27.3 Å². The number of rotatable bonds is 5. The van der Waals surface area contributed by atoms with E-state index in [1.165, 1.54) is 0 Å². The molecule has 0 saturated carbocycles. The van der Waals surface area contributed by atoms with Crippen LogP contribution in [0.5, 0.6) is 0 Å². The lowest BCUT2D eigenvalue weighted by Gasteiger charge is -2.11. The molecule has 1 unspecified atom stereocenters. The summed E-state index contributed by atoms with van der Waals surface area (Å²) < 4.78 is 2.12. The van der Waals surface area contributed by atoms with Gasteiger partial charge in [-0.3, -0.25) is 4.57 Å². The van der Waals surface area contributed by atoms with Crippen molar-refractivity contribution in [1.29, 1.82) is 0 Å². The van der Waals surface area contributed by atoms with Crippen LogP contribution in [-0.2, 0) is 6.54 Å². The summed E-state index contributed by atoms with van der Waals surface area (Å²) in [6.07, 6.45) is 1.54. The van der Waals surface area contributed by atoms with Gasteiger partial charge in [0.2, 0.25) is 0 Å². The highest BCUT2D eigenvalue weighted by Gasteiger charge is 2.08. The largest absolute Gasteiger partial charge is 0.392 e. The van der Waals surface area contributed by atoms with Crippen LogP contribution >= 0.6 is 0 Å². The minimum absolute atomic E-state index is 0.334. The van der Waals surface area contributed by atoms with E-state index in [0.717, 1.165) is 17.2 Å². The first kappa shape index (κ1) is 12.8. The van der Waals surface area contributed by atoms with Crippen molar-refractivity contribution < 1.29 is 5.11 Å². The summed E-state index contributed by atoms with van der Waals surface area (Å²) in [4.78, 5) is 4.35. The number of hydrogen-bond donors (Lipinski definition) is 2. The van der Waals surface area contributed by atoms with Crippen molar-refractivity contribution in [3.63, 3.8) is 0 Å². The van der Waals surface area contributed by atoms with E-state index in [9.17, 15) is 5.11 Å². The van der Waals surface area contributed by atoms with Gasteiger partial charge in [0.05, 0.1) is 18.0 Å². The molecule has 18 heavy (non-hydrogen) atoms. The van der Waals surface area contributed by atoms with Crippen LogP contribution < -0.4 is 5.32 Å². The van der Waals surface area contributed by atoms with Crippen molar-refractivity contribution in [1.82, 2.24) is 14.9 Å². The molecule has 0 amide bonds. The fourth-order valence-electron chi connectivity index (χ4n) is 1.95. The number of hydrogen-bond acceptors (Lipinski definition) is 3. The molecule has 2 rings (SSSR count). The smallest absolute Gasteiger partial charge is 0.110 e. The van der Waals surface area contributed by atoms with Gasteiger partial charge in [0.25, 0.3) is 0 Å². The quantitative estimate of drug-likeness (QED) is 0.842. The Bertz CT molecular complexity index is 491. The summed E-state index contributed by atoms with van der Waals surface area (Å²) in [7, 11) is 0. The molecule has 0 saturated heterocycles. The van der Waals surface area contributed by atoms with E-state index in [1.54, 1.807) is 6.92 Å². The number of nitrogens with one attached hydrogen (secondary N) is 1. The molecule has 0 aliphatic heterocycles. The number of aliphatic hydroxyl groups excluding tert-OH is 1. The van der Waals surface area contributed by atoms with E-state index >= 15 is 0 Å². The summed E-state index contributed by atoms with van der Waals surface area (Å²) in [5, 5.41) is 12.5. The number of aromatic nitrogens is 2. The first-order valence-corrected chi connectivity index (χ1v) is 6.16. The second-order valence-electron chi connectivity index (χ2n) is 4.45. The molecule has 0 spiro atoms. The number of nitrogens with zero attached hydrogens (tertiary/aromatic N) is 2. The van der Waals surface area contributed by atoms with Gasteiger partial charge in [-0.05, 0) is 26.0 Å². The standard InChI is InChI=1S/C14H19N3O/c1-11(18)8-15-9-14-10-16-12(2)17(14)13-6-4-3-5-7-13/h3-7,10-11,15,18H,8-9H2,1-2H3. The lowest BCUT2D eigenvalue weighted by molar-refractivity contribution is 0.190. The van der Waals surface area contributed by atoms with Gasteiger partial charge in [0, 0.05) is 18.8 Å². The van der Waals surface area contributed by atoms with Crippen molar-refractivity contribution in [3.05, 3.63) is 48.0 Å². The fourth-order valence-corrected chi connectivity index (χ4v) is 1.95. The highest BCUT2D eigenvalue weighted by molar-refractivity contribution is 5.35. The first-order valence-electron chi connectivity index (χ1n) is 6.16. The monoisotopic (exact) mass is 245 g/mol. The molecule has 0 radical (unpaired) electrons. The van der Waals surface area contributed by atoms with Crippen LogP contribution in [0.4, 0.5) is 0 Å². The molecule has 2 aromatic rings. The summed E-state index contributed by atoms with van der Waals surface area (Å²) in [5.41, 5.74) is 2.21. The normalized spacial score (nSPS) is 12.6. The number of aryl methyl sites for hydroxylation is 1. The molecular weight excluding hydrogens is 226 g/mol. The van der Waals surface area contributed by atoms with Crippen molar-refractivity contribution >= 4 is 0 Å². The number of benzene rings is 1. The van der Waals surface area contributed by atoms with Crippen LogP contribution in [0.25, 0.3) is 5.69 Å². The lowest BCUT2D eigenvalue weighted by Crippen LogP contribution is -2.24. The average molecular weight is 245 g/mol. The summed E-state index contributed by atoms with van der Waals surface area (Å²) >= 11 is 0. The van der Waals surface area contributed by atoms with Gasteiger partial charge in [0.15, 0.2) is 0 Å².